The third kappa shape index (κ3) is 4.54. The first-order valence-electron chi connectivity index (χ1n) is 9.55. The number of rotatable bonds is 6. The molecule has 0 aliphatic heterocycles. The fourth-order valence-electron chi connectivity index (χ4n) is 3.29. The van der Waals surface area contributed by atoms with Crippen LogP contribution >= 0.6 is 15.9 Å². The zero-order valence-electron chi connectivity index (χ0n) is 16.1. The third-order valence-corrected chi connectivity index (χ3v) is 5.26. The Labute approximate surface area is 177 Å². The van der Waals surface area contributed by atoms with Crippen molar-refractivity contribution in [2.45, 2.75) is 19.8 Å². The van der Waals surface area contributed by atoms with Crippen molar-refractivity contribution in [1.82, 2.24) is 20.3 Å². The van der Waals surface area contributed by atoms with Crippen LogP contribution in [0.1, 0.15) is 28.3 Å². The number of amides is 1. The summed E-state index contributed by atoms with van der Waals surface area (Å²) in [5.74, 6) is 0.845. The molecule has 0 aliphatic carbocycles. The van der Waals surface area contributed by atoms with Gasteiger partial charge < -0.3 is 10.3 Å². The second-order valence-corrected chi connectivity index (χ2v) is 7.82. The van der Waals surface area contributed by atoms with E-state index in [9.17, 15) is 4.79 Å². The summed E-state index contributed by atoms with van der Waals surface area (Å²) >= 11 is 3.48. The number of nitrogens with zero attached hydrogens (tertiary/aromatic N) is 2. The van der Waals surface area contributed by atoms with Crippen molar-refractivity contribution in [1.29, 1.82) is 0 Å². The maximum atomic E-state index is 12.5. The van der Waals surface area contributed by atoms with Crippen LogP contribution in [0.15, 0.2) is 65.1 Å². The number of carbonyl (C=O) groups is 1. The monoisotopic (exact) mass is 448 g/mol. The fourth-order valence-corrected chi connectivity index (χ4v) is 3.69. The van der Waals surface area contributed by atoms with Gasteiger partial charge in [-0.1, -0.05) is 40.2 Å². The lowest BCUT2D eigenvalue weighted by atomic mass is 10.1. The van der Waals surface area contributed by atoms with Crippen molar-refractivity contribution in [3.63, 3.8) is 0 Å². The van der Waals surface area contributed by atoms with Gasteiger partial charge in [-0.2, -0.15) is 0 Å². The van der Waals surface area contributed by atoms with E-state index >= 15 is 0 Å². The summed E-state index contributed by atoms with van der Waals surface area (Å²) in [5.41, 5.74) is 5.20. The van der Waals surface area contributed by atoms with Gasteiger partial charge in [-0.3, -0.25) is 9.78 Å². The Balaban J connectivity index is 1.34. The maximum Gasteiger partial charge on any atom is 0.253 e. The van der Waals surface area contributed by atoms with Crippen LogP contribution in [0.2, 0.25) is 0 Å². The number of hydrogen-bond acceptors (Lipinski definition) is 3. The second-order valence-electron chi connectivity index (χ2n) is 6.90. The van der Waals surface area contributed by atoms with Crippen LogP contribution in [-0.2, 0) is 6.42 Å². The molecule has 2 N–H and O–H groups in total. The number of hydrogen-bond donors (Lipinski definition) is 2. The molecule has 5 nitrogen and oxygen atoms in total. The van der Waals surface area contributed by atoms with Crippen molar-refractivity contribution in [2.75, 3.05) is 6.54 Å². The molecule has 0 fully saturated rings. The Morgan fingerprint density at radius 1 is 1.07 bits per heavy atom. The number of aromatic nitrogens is 3. The predicted octanol–water partition coefficient (Wildman–Crippen LogP) is 5.06. The molecule has 0 saturated heterocycles. The molecule has 0 aliphatic rings. The number of pyridine rings is 1. The van der Waals surface area contributed by atoms with E-state index < -0.39 is 0 Å². The minimum atomic E-state index is -0.0969. The molecule has 29 heavy (non-hydrogen) atoms. The zero-order chi connectivity index (χ0) is 20.2. The van der Waals surface area contributed by atoms with E-state index in [1.165, 1.54) is 0 Å². The zero-order valence-corrected chi connectivity index (χ0v) is 17.7. The van der Waals surface area contributed by atoms with Crippen molar-refractivity contribution in [2.24, 2.45) is 0 Å². The van der Waals surface area contributed by atoms with Crippen LogP contribution in [-0.4, -0.2) is 27.4 Å². The van der Waals surface area contributed by atoms with Crippen molar-refractivity contribution in [3.8, 4) is 11.3 Å². The highest BCUT2D eigenvalue weighted by Crippen LogP contribution is 2.22. The van der Waals surface area contributed by atoms with E-state index in [2.05, 4.69) is 36.2 Å². The number of carbonyl (C=O) groups excluding carboxylic acids is 1. The molecule has 4 rings (SSSR count). The van der Waals surface area contributed by atoms with Crippen LogP contribution < -0.4 is 5.32 Å². The molecule has 2 aromatic carbocycles. The lowest BCUT2D eigenvalue weighted by molar-refractivity contribution is 0.0952. The number of imidazole rings is 1. The Bertz CT molecular complexity index is 1140. The van der Waals surface area contributed by atoms with E-state index in [-0.39, 0.29) is 5.91 Å². The van der Waals surface area contributed by atoms with E-state index in [1.807, 2.05) is 67.6 Å². The summed E-state index contributed by atoms with van der Waals surface area (Å²) in [6.07, 6.45) is 1.60. The molecule has 2 aromatic heterocycles. The molecular weight excluding hydrogens is 428 g/mol. The molecule has 6 heteroatoms. The minimum absolute atomic E-state index is 0.0969. The van der Waals surface area contributed by atoms with Gasteiger partial charge in [-0.05, 0) is 49.7 Å². The number of benzene rings is 2. The topological polar surface area (TPSA) is 70.7 Å². The molecule has 0 spiro atoms. The number of aryl methyl sites for hydroxylation is 2. The van der Waals surface area contributed by atoms with Crippen molar-refractivity contribution in [3.05, 3.63) is 82.2 Å². The number of nitrogens with one attached hydrogen (secondary N) is 2. The summed E-state index contributed by atoms with van der Waals surface area (Å²) in [6, 6.07) is 19.7. The Morgan fingerprint density at radius 3 is 2.72 bits per heavy atom. The van der Waals surface area contributed by atoms with Crippen LogP contribution in [0.25, 0.3) is 22.3 Å². The number of para-hydroxylation sites is 2. The average Bonchev–Trinajstić information content (AvgIpc) is 3.14. The highest BCUT2D eigenvalue weighted by Gasteiger charge is 2.11. The third-order valence-electron chi connectivity index (χ3n) is 4.77. The second kappa shape index (κ2) is 8.57. The fraction of sp³-hybridized carbons (Fsp3) is 0.174. The van der Waals surface area contributed by atoms with E-state index in [0.717, 1.165) is 51.1 Å². The minimum Gasteiger partial charge on any atom is -0.352 e. The molecule has 0 unspecified atom stereocenters. The molecule has 0 bridgehead atoms. The summed E-state index contributed by atoms with van der Waals surface area (Å²) in [4.78, 5) is 25.0. The van der Waals surface area contributed by atoms with Crippen LogP contribution in [0.4, 0.5) is 0 Å². The first-order chi connectivity index (χ1) is 14.1. The summed E-state index contributed by atoms with van der Waals surface area (Å²) < 4.78 is 1.00. The van der Waals surface area contributed by atoms with Crippen molar-refractivity contribution >= 4 is 32.9 Å². The number of halogens is 1. The van der Waals surface area contributed by atoms with E-state index in [1.54, 1.807) is 0 Å². The summed E-state index contributed by atoms with van der Waals surface area (Å²) in [7, 11) is 0. The van der Waals surface area contributed by atoms with Crippen molar-refractivity contribution < 1.29 is 4.79 Å². The molecule has 0 radical (unpaired) electrons. The molecule has 146 valence electrons. The van der Waals surface area contributed by atoms with E-state index in [4.69, 9.17) is 0 Å². The number of fused-ring (bicyclic) bond motifs is 1. The van der Waals surface area contributed by atoms with Gasteiger partial charge in [-0.15, -0.1) is 0 Å². The Morgan fingerprint density at radius 2 is 1.93 bits per heavy atom. The largest absolute Gasteiger partial charge is 0.352 e. The SMILES string of the molecule is Cc1nc(-c2cccc(Br)c2)ccc1C(=O)NCCCc1nc2ccccc2[nH]1. The number of H-pyrrole nitrogens is 1. The van der Waals surface area contributed by atoms with Gasteiger partial charge in [0.25, 0.3) is 5.91 Å². The number of aromatic amines is 1. The first kappa shape index (κ1) is 19.3. The van der Waals surface area contributed by atoms with Gasteiger partial charge in [0.15, 0.2) is 0 Å². The molecule has 2 heterocycles. The summed E-state index contributed by atoms with van der Waals surface area (Å²) in [6.45, 7) is 2.45. The Hall–Kier alpha value is -2.99. The van der Waals surface area contributed by atoms with Gasteiger partial charge >= 0.3 is 0 Å². The van der Waals surface area contributed by atoms with Crippen LogP contribution in [0.3, 0.4) is 0 Å². The Kier molecular flexibility index (Phi) is 5.71. The molecule has 1 amide bonds. The predicted molar refractivity (Wildman–Crippen MR) is 119 cm³/mol. The lowest BCUT2D eigenvalue weighted by Gasteiger charge is -2.09. The lowest BCUT2D eigenvalue weighted by Crippen LogP contribution is -2.25. The molecule has 0 atom stereocenters. The summed E-state index contributed by atoms with van der Waals surface area (Å²) in [5, 5.41) is 2.98. The van der Waals surface area contributed by atoms with Gasteiger partial charge in [0, 0.05) is 23.0 Å². The van der Waals surface area contributed by atoms with Gasteiger partial charge in [0.05, 0.1) is 28.0 Å². The van der Waals surface area contributed by atoms with Crippen LogP contribution in [0.5, 0.6) is 0 Å². The van der Waals surface area contributed by atoms with Gasteiger partial charge in [-0.25, -0.2) is 4.98 Å². The quantitative estimate of drug-likeness (QED) is 0.405. The smallest absolute Gasteiger partial charge is 0.253 e. The van der Waals surface area contributed by atoms with E-state index in [0.29, 0.717) is 12.1 Å². The van der Waals surface area contributed by atoms with Crippen LogP contribution in [0, 0.1) is 6.92 Å². The normalized spacial score (nSPS) is 11.0. The highest BCUT2D eigenvalue weighted by atomic mass is 79.9. The first-order valence-corrected chi connectivity index (χ1v) is 10.3. The van der Waals surface area contributed by atoms with Gasteiger partial charge in [0.1, 0.15) is 5.82 Å². The maximum absolute atomic E-state index is 12.5. The van der Waals surface area contributed by atoms with Gasteiger partial charge in [0.2, 0.25) is 0 Å². The average molecular weight is 449 g/mol. The molecular formula is C23H21BrN4O. The molecule has 4 aromatic rings. The molecule has 0 saturated carbocycles. The highest BCUT2D eigenvalue weighted by molar-refractivity contribution is 9.10. The standard InChI is InChI=1S/C23H21BrN4O/c1-15-18(11-12-19(26-15)16-6-4-7-17(24)14-16)23(29)25-13-5-10-22-27-20-8-2-3-9-21(20)28-22/h2-4,6-9,11-12,14H,5,10,13H2,1H3,(H,25,29)(H,27,28).